The number of hydrogen-bond donors (Lipinski definition) is 3. The number of nitrogens with zero attached hydrogens (tertiary/aromatic N) is 4. The SMILES string of the molecule is C[C@@H](CN1CCCCC1)Oc1ncc2ccc(C3(N)Nc4c(N5CC6CC(C5)N6)cc(Cl)c(F)c4S3)c(F)c2n1. The second-order valence-electron chi connectivity index (χ2n) is 11.4. The Hall–Kier alpha value is -2.44. The van der Waals surface area contributed by atoms with Crippen LogP contribution >= 0.6 is 23.4 Å². The van der Waals surface area contributed by atoms with E-state index in [1.54, 1.807) is 24.4 Å². The van der Waals surface area contributed by atoms with Crippen molar-refractivity contribution in [3.63, 3.8) is 0 Å². The fraction of sp³-hybridized carbons (Fsp3) is 0.500. The summed E-state index contributed by atoms with van der Waals surface area (Å²) in [6.07, 6.45) is 6.18. The van der Waals surface area contributed by atoms with Crippen LogP contribution in [0.4, 0.5) is 20.2 Å². The number of ether oxygens (including phenoxy) is 1. The average molecular weight is 588 g/mol. The number of likely N-dealkylation sites (tertiary alicyclic amines) is 1. The minimum Gasteiger partial charge on any atom is -0.459 e. The van der Waals surface area contributed by atoms with Crippen molar-refractivity contribution in [1.29, 1.82) is 0 Å². The highest BCUT2D eigenvalue weighted by molar-refractivity contribution is 8.00. The number of piperazine rings is 1. The summed E-state index contributed by atoms with van der Waals surface area (Å²) in [5, 5.41) is 7.30. The topological polar surface area (TPSA) is 91.6 Å². The maximum absolute atomic E-state index is 16.1. The minimum atomic E-state index is -1.47. The molecule has 6 heterocycles. The molecule has 40 heavy (non-hydrogen) atoms. The van der Waals surface area contributed by atoms with Crippen LogP contribution in [0.15, 0.2) is 29.3 Å². The minimum absolute atomic E-state index is 0.0201. The van der Waals surface area contributed by atoms with Gasteiger partial charge < -0.3 is 20.3 Å². The van der Waals surface area contributed by atoms with Crippen LogP contribution in [0.3, 0.4) is 0 Å². The Morgan fingerprint density at radius 2 is 1.95 bits per heavy atom. The van der Waals surface area contributed by atoms with Crippen molar-refractivity contribution in [2.75, 3.05) is 42.9 Å². The molecule has 5 aliphatic rings. The normalized spacial score (nSPS) is 26.8. The molecule has 5 aliphatic heterocycles. The van der Waals surface area contributed by atoms with Crippen molar-refractivity contribution >= 4 is 45.6 Å². The third kappa shape index (κ3) is 4.65. The van der Waals surface area contributed by atoms with Gasteiger partial charge in [0.2, 0.25) is 0 Å². The number of aromatic nitrogens is 2. The Labute approximate surface area is 241 Å². The first kappa shape index (κ1) is 26.5. The van der Waals surface area contributed by atoms with Crippen molar-refractivity contribution in [1.82, 2.24) is 20.2 Å². The Morgan fingerprint density at radius 1 is 1.20 bits per heavy atom. The van der Waals surface area contributed by atoms with Gasteiger partial charge >= 0.3 is 6.01 Å². The number of hydrogen-bond acceptors (Lipinski definition) is 9. The molecule has 4 saturated heterocycles. The molecule has 212 valence electrons. The zero-order valence-corrected chi connectivity index (χ0v) is 23.8. The van der Waals surface area contributed by atoms with Gasteiger partial charge in [0, 0.05) is 48.9 Å². The highest BCUT2D eigenvalue weighted by Crippen LogP contribution is 2.55. The van der Waals surface area contributed by atoms with Crippen LogP contribution in [0.2, 0.25) is 5.02 Å². The highest BCUT2D eigenvalue weighted by Gasteiger charge is 2.44. The lowest BCUT2D eigenvalue weighted by Crippen LogP contribution is -2.67. The number of halogens is 3. The fourth-order valence-electron chi connectivity index (χ4n) is 6.37. The molecule has 2 aromatic carbocycles. The van der Waals surface area contributed by atoms with Gasteiger partial charge in [0.15, 0.2) is 16.6 Å². The smallest absolute Gasteiger partial charge is 0.317 e. The standard InChI is InChI=1S/C28H32ClF2N7OS/c1-15(12-37-7-3-2-4-8-37)39-27-33-11-16-5-6-19(22(30)24(16)35-27)28(32)36-25-21(10-20(29)23(31)26(25)40-28)38-13-17-9-18(14-38)34-17/h5-6,10-11,15,17-18,34,36H,2-4,7-9,12-14,32H2,1H3/t15-,17?,18?,28?/m0/s1. The predicted octanol–water partition coefficient (Wildman–Crippen LogP) is 4.65. The molecule has 8 nitrogen and oxygen atoms in total. The quantitative estimate of drug-likeness (QED) is 0.381. The number of thioether (sulfide) groups is 1. The highest BCUT2D eigenvalue weighted by atomic mass is 35.5. The fourth-order valence-corrected chi connectivity index (χ4v) is 7.83. The summed E-state index contributed by atoms with van der Waals surface area (Å²) in [6.45, 7) is 6.42. The maximum Gasteiger partial charge on any atom is 0.317 e. The van der Waals surface area contributed by atoms with E-state index in [1.165, 1.54) is 19.3 Å². The number of nitrogens with one attached hydrogen (secondary N) is 2. The molecule has 2 bridgehead atoms. The van der Waals surface area contributed by atoms with Gasteiger partial charge in [-0.1, -0.05) is 41.9 Å². The van der Waals surface area contributed by atoms with Crippen LogP contribution in [0.1, 0.15) is 38.2 Å². The second-order valence-corrected chi connectivity index (χ2v) is 13.0. The van der Waals surface area contributed by atoms with Crippen molar-refractivity contribution in [2.45, 2.75) is 60.7 Å². The molecule has 0 amide bonds. The largest absolute Gasteiger partial charge is 0.459 e. The predicted molar refractivity (Wildman–Crippen MR) is 154 cm³/mol. The second kappa shape index (κ2) is 10.1. The summed E-state index contributed by atoms with van der Waals surface area (Å²) in [4.78, 5) is 12.1. The lowest BCUT2D eigenvalue weighted by molar-refractivity contribution is 0.123. The van der Waals surface area contributed by atoms with Crippen LogP contribution in [-0.4, -0.2) is 65.8 Å². The molecule has 0 saturated carbocycles. The van der Waals surface area contributed by atoms with Crippen LogP contribution in [0, 0.1) is 11.6 Å². The van der Waals surface area contributed by atoms with Gasteiger partial charge in [-0.05, 0) is 45.3 Å². The van der Waals surface area contributed by atoms with E-state index < -0.39 is 16.6 Å². The molecule has 12 heteroatoms. The molecule has 4 atom stereocenters. The lowest BCUT2D eigenvalue weighted by atomic mass is 9.91. The molecular weight excluding hydrogens is 556 g/mol. The first-order valence-corrected chi connectivity index (χ1v) is 15.1. The summed E-state index contributed by atoms with van der Waals surface area (Å²) >= 11 is 7.35. The molecule has 8 rings (SSSR count). The molecule has 3 unspecified atom stereocenters. The number of nitrogens with two attached hydrogens (primary N) is 1. The summed E-state index contributed by atoms with van der Waals surface area (Å²) in [6, 6.07) is 5.87. The maximum atomic E-state index is 16.1. The molecule has 0 spiro atoms. The Bertz CT molecular complexity index is 1460. The lowest BCUT2D eigenvalue weighted by Gasteiger charge is -2.49. The van der Waals surface area contributed by atoms with Crippen LogP contribution in [0.25, 0.3) is 10.9 Å². The summed E-state index contributed by atoms with van der Waals surface area (Å²) in [7, 11) is 0. The third-order valence-electron chi connectivity index (χ3n) is 8.33. The third-order valence-corrected chi connectivity index (χ3v) is 9.84. The summed E-state index contributed by atoms with van der Waals surface area (Å²) in [5.41, 5.74) is 8.37. The van der Waals surface area contributed by atoms with Gasteiger partial charge in [-0.25, -0.2) is 13.8 Å². The van der Waals surface area contributed by atoms with Crippen molar-refractivity contribution in [3.8, 4) is 6.01 Å². The zero-order valence-electron chi connectivity index (χ0n) is 22.2. The van der Waals surface area contributed by atoms with Crippen molar-refractivity contribution in [3.05, 3.63) is 46.6 Å². The number of anilines is 2. The van der Waals surface area contributed by atoms with Gasteiger partial charge in [0.1, 0.15) is 11.6 Å². The van der Waals surface area contributed by atoms with E-state index in [0.717, 1.165) is 56.6 Å². The number of rotatable bonds is 6. The molecule has 3 aromatic rings. The van der Waals surface area contributed by atoms with E-state index in [2.05, 4.69) is 30.4 Å². The van der Waals surface area contributed by atoms with Gasteiger partial charge in [-0.15, -0.1) is 0 Å². The summed E-state index contributed by atoms with van der Waals surface area (Å²) in [5.74, 6) is -1.16. The van der Waals surface area contributed by atoms with E-state index >= 15 is 8.78 Å². The van der Waals surface area contributed by atoms with E-state index in [9.17, 15) is 0 Å². The Kier molecular flexibility index (Phi) is 6.70. The van der Waals surface area contributed by atoms with Gasteiger partial charge in [0.05, 0.1) is 21.3 Å². The van der Waals surface area contributed by atoms with E-state index in [-0.39, 0.29) is 33.1 Å². The number of benzene rings is 2. The molecule has 4 fully saturated rings. The number of piperidine rings is 2. The van der Waals surface area contributed by atoms with Crippen molar-refractivity contribution in [2.24, 2.45) is 5.73 Å². The van der Waals surface area contributed by atoms with Crippen LogP contribution in [-0.2, 0) is 4.99 Å². The van der Waals surface area contributed by atoms with Gasteiger partial charge in [-0.3, -0.25) is 10.6 Å². The van der Waals surface area contributed by atoms with Crippen LogP contribution < -0.4 is 26.0 Å². The van der Waals surface area contributed by atoms with Crippen LogP contribution in [0.5, 0.6) is 6.01 Å². The average Bonchev–Trinajstić information content (AvgIpc) is 3.30. The molecule has 4 N–H and O–H groups in total. The van der Waals surface area contributed by atoms with E-state index in [0.29, 0.717) is 23.2 Å². The van der Waals surface area contributed by atoms with Gasteiger partial charge in [-0.2, -0.15) is 4.98 Å². The molecular formula is C28H32ClF2N7OS. The Balaban J connectivity index is 1.17. The zero-order chi connectivity index (χ0) is 27.6. The van der Waals surface area contributed by atoms with Crippen molar-refractivity contribution < 1.29 is 13.5 Å². The number of fused-ring (bicyclic) bond motifs is 4. The molecule has 1 aromatic heterocycles. The van der Waals surface area contributed by atoms with E-state index in [1.807, 2.05) is 6.92 Å². The van der Waals surface area contributed by atoms with Gasteiger partial charge in [0.25, 0.3) is 0 Å². The first-order valence-electron chi connectivity index (χ1n) is 13.9. The molecule has 0 aliphatic carbocycles. The summed E-state index contributed by atoms with van der Waals surface area (Å²) < 4.78 is 37.4. The Morgan fingerprint density at radius 3 is 2.70 bits per heavy atom. The van der Waals surface area contributed by atoms with E-state index in [4.69, 9.17) is 22.1 Å². The monoisotopic (exact) mass is 587 g/mol. The molecule has 0 radical (unpaired) electrons. The first-order chi connectivity index (χ1) is 19.3.